The first kappa shape index (κ1) is 21.1. The lowest BCUT2D eigenvalue weighted by atomic mass is 9.96. The van der Waals surface area contributed by atoms with Crippen LogP contribution < -0.4 is 16.2 Å². The Bertz CT molecular complexity index is 1450. The van der Waals surface area contributed by atoms with Crippen molar-refractivity contribution in [2.24, 2.45) is 0 Å². The average molecular weight is 462 g/mol. The van der Waals surface area contributed by atoms with Crippen molar-refractivity contribution in [3.05, 3.63) is 105 Å². The van der Waals surface area contributed by atoms with Crippen molar-refractivity contribution in [2.45, 2.75) is 18.5 Å². The second kappa shape index (κ2) is 8.27. The maximum Gasteiger partial charge on any atom is 0.286 e. The Labute approximate surface area is 193 Å². The molecule has 1 aliphatic rings. The maximum absolute atomic E-state index is 13.1. The number of carbonyl (C=O) groups excluding carboxylic acids is 1. The van der Waals surface area contributed by atoms with E-state index < -0.39 is 23.5 Å². The molecule has 1 amide bonds. The average Bonchev–Trinajstić information content (AvgIpc) is 2.93. The number of rotatable bonds is 3. The number of anilines is 1. The second-order valence-electron chi connectivity index (χ2n) is 8.06. The van der Waals surface area contributed by atoms with Gasteiger partial charge in [0, 0.05) is 22.8 Å². The minimum atomic E-state index is -0.787. The van der Waals surface area contributed by atoms with Crippen molar-refractivity contribution in [1.29, 1.82) is 0 Å². The summed E-state index contributed by atoms with van der Waals surface area (Å²) in [5.41, 5.74) is 1.77. The van der Waals surface area contributed by atoms with E-state index in [1.807, 2.05) is 42.5 Å². The molecule has 0 saturated heterocycles. The molecule has 2 heterocycles. The number of pyridine rings is 1. The minimum absolute atomic E-state index is 0.162. The molecular formula is C25H20ClN3O4. The van der Waals surface area contributed by atoms with Crippen LogP contribution in [0, 0.1) is 0 Å². The summed E-state index contributed by atoms with van der Waals surface area (Å²) in [6.07, 6.45) is 0.401. The summed E-state index contributed by atoms with van der Waals surface area (Å²) in [6.45, 7) is 0. The monoisotopic (exact) mass is 461 g/mol. The third-order valence-corrected chi connectivity index (χ3v) is 6.10. The molecule has 0 fully saturated rings. The van der Waals surface area contributed by atoms with E-state index in [9.17, 15) is 19.9 Å². The summed E-state index contributed by atoms with van der Waals surface area (Å²) in [5.74, 6) is -0.827. The fourth-order valence-corrected chi connectivity index (χ4v) is 4.42. The van der Waals surface area contributed by atoms with E-state index in [0.29, 0.717) is 28.3 Å². The lowest BCUT2D eigenvalue weighted by Crippen LogP contribution is -2.42. The van der Waals surface area contributed by atoms with Crippen molar-refractivity contribution >= 4 is 34.0 Å². The van der Waals surface area contributed by atoms with Crippen LogP contribution in [-0.4, -0.2) is 27.0 Å². The van der Waals surface area contributed by atoms with E-state index >= 15 is 0 Å². The molecule has 4 aromatic rings. The van der Waals surface area contributed by atoms with Crippen LogP contribution in [-0.2, 0) is 11.2 Å². The number of halogens is 1. The molecular weight excluding hydrogens is 442 g/mol. The molecule has 0 spiro atoms. The summed E-state index contributed by atoms with van der Waals surface area (Å²) >= 11 is 6.23. The van der Waals surface area contributed by atoms with Crippen LogP contribution in [0.5, 0.6) is 5.88 Å². The second-order valence-corrected chi connectivity index (χ2v) is 8.49. The first-order valence-corrected chi connectivity index (χ1v) is 10.8. The SMILES string of the molecule is O=C1Nc2ccc(Cl)cc2C(c2cc(O)n(O)c(=O)c2)NC1Cc1ccc2ccccc2c1. The Morgan fingerprint density at radius 3 is 2.52 bits per heavy atom. The minimum Gasteiger partial charge on any atom is -0.492 e. The smallest absolute Gasteiger partial charge is 0.286 e. The molecule has 0 radical (unpaired) electrons. The van der Waals surface area contributed by atoms with Gasteiger partial charge >= 0.3 is 0 Å². The third kappa shape index (κ3) is 4.04. The number of aromatic nitrogens is 1. The Hall–Kier alpha value is -3.81. The van der Waals surface area contributed by atoms with Gasteiger partial charge in [-0.25, -0.2) is 0 Å². The lowest BCUT2D eigenvalue weighted by molar-refractivity contribution is -0.118. The van der Waals surface area contributed by atoms with Crippen LogP contribution in [0.4, 0.5) is 5.69 Å². The molecule has 3 aromatic carbocycles. The fraction of sp³-hybridized carbons (Fsp3) is 0.120. The van der Waals surface area contributed by atoms with Crippen molar-refractivity contribution in [3.63, 3.8) is 0 Å². The molecule has 7 nitrogen and oxygen atoms in total. The number of benzene rings is 3. The van der Waals surface area contributed by atoms with Crippen molar-refractivity contribution in [2.75, 3.05) is 5.32 Å². The molecule has 33 heavy (non-hydrogen) atoms. The van der Waals surface area contributed by atoms with Gasteiger partial charge in [0.1, 0.15) is 0 Å². The number of aromatic hydroxyl groups is 1. The molecule has 0 aliphatic carbocycles. The molecule has 5 rings (SSSR count). The zero-order valence-corrected chi connectivity index (χ0v) is 18.1. The van der Waals surface area contributed by atoms with E-state index in [1.54, 1.807) is 18.2 Å². The summed E-state index contributed by atoms with van der Waals surface area (Å²) < 4.78 is 0.162. The van der Waals surface area contributed by atoms with Crippen LogP contribution in [0.1, 0.15) is 22.7 Å². The Morgan fingerprint density at radius 2 is 1.73 bits per heavy atom. The molecule has 8 heteroatoms. The highest BCUT2D eigenvalue weighted by Crippen LogP contribution is 2.34. The zero-order chi connectivity index (χ0) is 23.1. The Balaban J connectivity index is 1.57. The van der Waals surface area contributed by atoms with Crippen LogP contribution in [0.3, 0.4) is 0 Å². The number of carbonyl (C=O) groups is 1. The van der Waals surface area contributed by atoms with E-state index in [1.165, 1.54) is 12.1 Å². The molecule has 4 N–H and O–H groups in total. The highest BCUT2D eigenvalue weighted by molar-refractivity contribution is 6.30. The highest BCUT2D eigenvalue weighted by Gasteiger charge is 2.31. The molecule has 2 unspecified atom stereocenters. The molecule has 0 saturated carbocycles. The van der Waals surface area contributed by atoms with Crippen LogP contribution in [0.25, 0.3) is 10.8 Å². The van der Waals surface area contributed by atoms with E-state index in [4.69, 9.17) is 11.6 Å². The van der Waals surface area contributed by atoms with Gasteiger partial charge in [0.05, 0.1) is 12.1 Å². The molecule has 0 bridgehead atoms. The largest absolute Gasteiger partial charge is 0.492 e. The standard InChI is InChI=1S/C25H20ClN3O4/c26-18-7-8-20-19(13-18)24(17-11-22(30)29(33)23(31)12-17)27-21(25(32)28-20)10-14-5-6-15-3-1-2-4-16(15)9-14/h1-9,11-13,21,24,27,30,33H,10H2,(H,28,32). The lowest BCUT2D eigenvalue weighted by Gasteiger charge is -2.23. The summed E-state index contributed by atoms with van der Waals surface area (Å²) in [6, 6.07) is 20.3. The van der Waals surface area contributed by atoms with Gasteiger partial charge in [-0.15, -0.1) is 4.73 Å². The number of amides is 1. The van der Waals surface area contributed by atoms with E-state index in [2.05, 4.69) is 10.6 Å². The first-order valence-electron chi connectivity index (χ1n) is 10.4. The number of nitrogens with one attached hydrogen (secondary N) is 2. The van der Waals surface area contributed by atoms with Crippen molar-refractivity contribution < 1.29 is 15.1 Å². The summed E-state index contributed by atoms with van der Waals surface area (Å²) in [5, 5.41) is 28.6. The van der Waals surface area contributed by atoms with E-state index in [0.717, 1.165) is 16.3 Å². The first-order chi connectivity index (χ1) is 15.9. The highest BCUT2D eigenvalue weighted by atomic mass is 35.5. The van der Waals surface area contributed by atoms with E-state index in [-0.39, 0.29) is 10.6 Å². The predicted molar refractivity (Wildman–Crippen MR) is 126 cm³/mol. The molecule has 1 aromatic heterocycles. The fourth-order valence-electron chi connectivity index (χ4n) is 4.24. The van der Waals surface area contributed by atoms with Gasteiger partial charge in [-0.3, -0.25) is 14.9 Å². The number of nitrogens with zero attached hydrogens (tertiary/aromatic N) is 1. The zero-order valence-electron chi connectivity index (χ0n) is 17.3. The van der Waals surface area contributed by atoms with Crippen LogP contribution >= 0.6 is 11.6 Å². The van der Waals surface area contributed by atoms with Gasteiger partial charge in [0.25, 0.3) is 5.56 Å². The van der Waals surface area contributed by atoms with Gasteiger partial charge in [0.2, 0.25) is 11.8 Å². The molecule has 1 aliphatic heterocycles. The number of hydrogen-bond acceptors (Lipinski definition) is 5. The summed E-state index contributed by atoms with van der Waals surface area (Å²) in [4.78, 5) is 25.3. The Morgan fingerprint density at radius 1 is 0.939 bits per heavy atom. The number of hydrogen-bond donors (Lipinski definition) is 4. The summed E-state index contributed by atoms with van der Waals surface area (Å²) in [7, 11) is 0. The quantitative estimate of drug-likeness (QED) is 0.347. The van der Waals surface area contributed by atoms with Gasteiger partial charge in [-0.05, 0) is 52.1 Å². The van der Waals surface area contributed by atoms with Gasteiger partial charge in [0.15, 0.2) is 0 Å². The van der Waals surface area contributed by atoms with Gasteiger partial charge < -0.3 is 15.6 Å². The normalized spacial score (nSPS) is 17.9. The van der Waals surface area contributed by atoms with Crippen LogP contribution in [0.15, 0.2) is 77.6 Å². The molecule has 2 atom stereocenters. The Kier molecular flexibility index (Phi) is 5.28. The number of fused-ring (bicyclic) bond motifs is 2. The molecule has 166 valence electrons. The third-order valence-electron chi connectivity index (χ3n) is 5.87. The maximum atomic E-state index is 13.1. The van der Waals surface area contributed by atoms with Crippen molar-refractivity contribution in [3.8, 4) is 5.88 Å². The van der Waals surface area contributed by atoms with Crippen LogP contribution in [0.2, 0.25) is 5.02 Å². The van der Waals surface area contributed by atoms with Crippen molar-refractivity contribution in [1.82, 2.24) is 10.0 Å². The predicted octanol–water partition coefficient (Wildman–Crippen LogP) is 3.84. The van der Waals surface area contributed by atoms with Gasteiger partial charge in [-0.1, -0.05) is 54.1 Å². The topological polar surface area (TPSA) is 104 Å². The van der Waals surface area contributed by atoms with Gasteiger partial charge in [-0.2, -0.15) is 0 Å².